The van der Waals surface area contributed by atoms with E-state index in [0.717, 1.165) is 27.8 Å². The molecule has 0 aromatic heterocycles. The van der Waals surface area contributed by atoms with Crippen LogP contribution in [0, 0.1) is 6.92 Å². The molecule has 0 unspecified atom stereocenters. The molecule has 0 radical (unpaired) electrons. The summed E-state index contributed by atoms with van der Waals surface area (Å²) < 4.78 is 11.3. The van der Waals surface area contributed by atoms with Crippen LogP contribution in [0.25, 0.3) is 6.08 Å². The second-order valence-corrected chi connectivity index (χ2v) is 9.39. The molecule has 4 rings (SSSR count). The summed E-state index contributed by atoms with van der Waals surface area (Å²) in [7, 11) is 1.49. The van der Waals surface area contributed by atoms with Gasteiger partial charge in [-0.1, -0.05) is 54.1 Å². The van der Waals surface area contributed by atoms with Crippen molar-refractivity contribution in [3.63, 3.8) is 0 Å². The molecule has 1 saturated heterocycles. The van der Waals surface area contributed by atoms with Crippen LogP contribution in [0.15, 0.2) is 71.6 Å². The molecule has 0 atom stereocenters. The average Bonchev–Trinajstić information content (AvgIpc) is 3.11. The third kappa shape index (κ3) is 6.08. The number of halogens is 1. The molecule has 0 saturated carbocycles. The molecule has 3 aromatic carbocycles. The molecule has 36 heavy (non-hydrogen) atoms. The Bertz CT molecular complexity index is 1340. The van der Waals surface area contributed by atoms with Gasteiger partial charge in [-0.15, -0.1) is 0 Å². The van der Waals surface area contributed by atoms with E-state index in [-0.39, 0.29) is 11.4 Å². The van der Waals surface area contributed by atoms with Crippen LogP contribution in [0.5, 0.6) is 11.5 Å². The number of hydrogen-bond donors (Lipinski definition) is 1. The average molecular weight is 523 g/mol. The quantitative estimate of drug-likeness (QED) is 0.370. The fourth-order valence-electron chi connectivity index (χ4n) is 3.55. The van der Waals surface area contributed by atoms with Crippen molar-refractivity contribution in [2.75, 3.05) is 19.0 Å². The number of nitrogens with zero attached hydrogens (tertiary/aromatic N) is 1. The highest BCUT2D eigenvalue weighted by Gasteiger charge is 2.36. The summed E-state index contributed by atoms with van der Waals surface area (Å²) in [4.78, 5) is 38.9. The lowest BCUT2D eigenvalue weighted by atomic mass is 10.1. The molecule has 1 aliphatic heterocycles. The van der Waals surface area contributed by atoms with Crippen molar-refractivity contribution in [2.45, 2.75) is 13.5 Å². The fraction of sp³-hybridized carbons (Fsp3) is 0.148. The Hall–Kier alpha value is -3.75. The van der Waals surface area contributed by atoms with Crippen LogP contribution in [-0.4, -0.2) is 35.6 Å². The number of nitrogens with one attached hydrogen (secondary N) is 1. The molecular weight excluding hydrogens is 500 g/mol. The van der Waals surface area contributed by atoms with Gasteiger partial charge in [-0.2, -0.15) is 0 Å². The maximum Gasteiger partial charge on any atom is 0.294 e. The molecular formula is C27H23ClN2O5S. The molecule has 1 N–H and O–H groups in total. The highest BCUT2D eigenvalue weighted by molar-refractivity contribution is 8.18. The number of amides is 3. The highest BCUT2D eigenvalue weighted by Crippen LogP contribution is 2.39. The molecule has 0 aliphatic carbocycles. The minimum Gasteiger partial charge on any atom is -0.493 e. The first-order chi connectivity index (χ1) is 17.3. The predicted molar refractivity (Wildman–Crippen MR) is 141 cm³/mol. The number of carbonyl (C=O) groups excluding carboxylic acids is 3. The van der Waals surface area contributed by atoms with E-state index in [1.54, 1.807) is 30.3 Å². The minimum atomic E-state index is -0.552. The highest BCUT2D eigenvalue weighted by atomic mass is 35.5. The number of anilines is 1. The number of imide groups is 1. The summed E-state index contributed by atoms with van der Waals surface area (Å²) >= 11 is 7.22. The van der Waals surface area contributed by atoms with Crippen LogP contribution >= 0.6 is 23.4 Å². The second-order valence-electron chi connectivity index (χ2n) is 7.99. The smallest absolute Gasteiger partial charge is 0.294 e. The van der Waals surface area contributed by atoms with Gasteiger partial charge in [0.25, 0.3) is 11.1 Å². The largest absolute Gasteiger partial charge is 0.493 e. The Morgan fingerprint density at radius 2 is 1.86 bits per heavy atom. The number of rotatable bonds is 8. The number of hydrogen-bond acceptors (Lipinski definition) is 6. The van der Waals surface area contributed by atoms with Gasteiger partial charge in [0, 0.05) is 5.69 Å². The summed E-state index contributed by atoms with van der Waals surface area (Å²) in [6.45, 7) is 1.83. The van der Waals surface area contributed by atoms with Crippen molar-refractivity contribution in [2.24, 2.45) is 0 Å². The molecule has 7 nitrogen and oxygen atoms in total. The first-order valence-electron chi connectivity index (χ1n) is 11.0. The molecule has 9 heteroatoms. The van der Waals surface area contributed by atoms with E-state index in [1.807, 2.05) is 49.4 Å². The lowest BCUT2D eigenvalue weighted by Gasteiger charge is -2.14. The van der Waals surface area contributed by atoms with Gasteiger partial charge in [0.2, 0.25) is 5.91 Å². The molecule has 0 spiro atoms. The van der Waals surface area contributed by atoms with E-state index >= 15 is 0 Å². The second kappa shape index (κ2) is 11.3. The minimum absolute atomic E-state index is 0.180. The van der Waals surface area contributed by atoms with Crippen molar-refractivity contribution >= 4 is 52.2 Å². The van der Waals surface area contributed by atoms with Gasteiger partial charge in [0.15, 0.2) is 11.5 Å². The fourth-order valence-corrected chi connectivity index (χ4v) is 4.66. The number of ether oxygens (including phenoxy) is 2. The summed E-state index contributed by atoms with van der Waals surface area (Å²) in [5.74, 6) is -0.250. The van der Waals surface area contributed by atoms with Crippen LogP contribution in [0.3, 0.4) is 0 Å². The Kier molecular flexibility index (Phi) is 7.97. The van der Waals surface area contributed by atoms with E-state index in [1.165, 1.54) is 7.11 Å². The maximum atomic E-state index is 12.9. The molecule has 1 heterocycles. The number of benzene rings is 3. The zero-order valence-corrected chi connectivity index (χ0v) is 21.2. The van der Waals surface area contributed by atoms with E-state index < -0.39 is 17.1 Å². The van der Waals surface area contributed by atoms with E-state index in [0.29, 0.717) is 34.4 Å². The van der Waals surface area contributed by atoms with Crippen LogP contribution in [-0.2, 0) is 16.2 Å². The third-order valence-corrected chi connectivity index (χ3v) is 6.44. The summed E-state index contributed by atoms with van der Waals surface area (Å²) in [6.07, 6.45) is 1.54. The first kappa shape index (κ1) is 25.3. The van der Waals surface area contributed by atoms with Crippen LogP contribution in [0.2, 0.25) is 5.02 Å². The van der Waals surface area contributed by atoms with Gasteiger partial charge in [0.05, 0.1) is 17.0 Å². The maximum absolute atomic E-state index is 12.9. The SMILES string of the molecule is COc1cc(/C=C2\SC(=O)N(CC(=O)Nc3cccc(C)c3)C2=O)cc(Cl)c1OCc1ccccc1. The van der Waals surface area contributed by atoms with E-state index in [4.69, 9.17) is 21.1 Å². The van der Waals surface area contributed by atoms with Gasteiger partial charge in [-0.3, -0.25) is 19.3 Å². The van der Waals surface area contributed by atoms with Crippen molar-refractivity contribution in [3.05, 3.63) is 93.3 Å². The first-order valence-corrected chi connectivity index (χ1v) is 12.2. The van der Waals surface area contributed by atoms with Crippen molar-refractivity contribution in [1.29, 1.82) is 0 Å². The van der Waals surface area contributed by atoms with Crippen LogP contribution in [0.1, 0.15) is 16.7 Å². The molecule has 184 valence electrons. The molecule has 1 fully saturated rings. The number of aryl methyl sites for hydroxylation is 1. The number of methoxy groups -OCH3 is 1. The van der Waals surface area contributed by atoms with E-state index in [2.05, 4.69) is 5.32 Å². The Morgan fingerprint density at radius 3 is 2.58 bits per heavy atom. The van der Waals surface area contributed by atoms with Gasteiger partial charge in [0.1, 0.15) is 13.2 Å². The lowest BCUT2D eigenvalue weighted by Crippen LogP contribution is -2.36. The van der Waals surface area contributed by atoms with E-state index in [9.17, 15) is 14.4 Å². The lowest BCUT2D eigenvalue weighted by molar-refractivity contribution is -0.127. The summed E-state index contributed by atoms with van der Waals surface area (Å²) in [5, 5.41) is 2.48. The predicted octanol–water partition coefficient (Wildman–Crippen LogP) is 5.91. The summed E-state index contributed by atoms with van der Waals surface area (Å²) in [6, 6.07) is 20.2. The van der Waals surface area contributed by atoms with Crippen molar-refractivity contribution in [3.8, 4) is 11.5 Å². The molecule has 3 amide bonds. The molecule has 1 aliphatic rings. The zero-order chi connectivity index (χ0) is 25.7. The normalized spacial score (nSPS) is 14.3. The Balaban J connectivity index is 1.47. The molecule has 0 bridgehead atoms. The van der Waals surface area contributed by atoms with Crippen LogP contribution in [0.4, 0.5) is 10.5 Å². The van der Waals surface area contributed by atoms with Gasteiger partial charge < -0.3 is 14.8 Å². The van der Waals surface area contributed by atoms with Gasteiger partial charge in [-0.25, -0.2) is 0 Å². The molecule has 3 aromatic rings. The standard InChI is InChI=1S/C27H23ClN2O5S/c1-17-7-6-10-20(11-17)29-24(31)15-30-26(32)23(36-27(30)33)14-19-12-21(28)25(22(13-19)34-2)35-16-18-8-4-3-5-9-18/h3-14H,15-16H2,1-2H3,(H,29,31)/b23-14-. The van der Waals surface area contributed by atoms with Gasteiger partial charge >= 0.3 is 0 Å². The Labute approximate surface area is 218 Å². The van der Waals surface area contributed by atoms with Crippen LogP contribution < -0.4 is 14.8 Å². The number of thioether (sulfide) groups is 1. The van der Waals surface area contributed by atoms with Crippen molar-refractivity contribution in [1.82, 2.24) is 4.90 Å². The topological polar surface area (TPSA) is 84.9 Å². The zero-order valence-electron chi connectivity index (χ0n) is 19.6. The van der Waals surface area contributed by atoms with Gasteiger partial charge in [-0.05, 0) is 65.7 Å². The monoisotopic (exact) mass is 522 g/mol. The number of carbonyl (C=O) groups is 3. The summed E-state index contributed by atoms with van der Waals surface area (Å²) in [5.41, 5.74) is 3.10. The Morgan fingerprint density at radius 1 is 1.08 bits per heavy atom. The van der Waals surface area contributed by atoms with Crippen molar-refractivity contribution < 1.29 is 23.9 Å². The third-order valence-electron chi connectivity index (χ3n) is 5.25.